The average molecular weight is 398 g/mol. The van der Waals surface area contributed by atoms with Crippen molar-refractivity contribution in [3.8, 4) is 5.75 Å². The summed E-state index contributed by atoms with van der Waals surface area (Å²) in [7, 11) is 0. The molecule has 4 rings (SSSR count). The van der Waals surface area contributed by atoms with Crippen molar-refractivity contribution in [3.63, 3.8) is 0 Å². The molecule has 2 unspecified atom stereocenters. The molecular weight excluding hydrogens is 362 g/mol. The van der Waals surface area contributed by atoms with Crippen molar-refractivity contribution in [1.82, 2.24) is 4.90 Å². The number of allylic oxidation sites excluding steroid dienone is 1. The third kappa shape index (κ3) is 4.85. The van der Waals surface area contributed by atoms with Gasteiger partial charge in [-0.15, -0.1) is 0 Å². The first-order valence-electron chi connectivity index (χ1n) is 11.3. The first kappa shape index (κ1) is 20.5. The van der Waals surface area contributed by atoms with E-state index in [9.17, 15) is 9.90 Å². The van der Waals surface area contributed by atoms with E-state index in [0.717, 1.165) is 44.5 Å². The van der Waals surface area contributed by atoms with Gasteiger partial charge in [0.1, 0.15) is 5.75 Å². The van der Waals surface area contributed by atoms with Crippen molar-refractivity contribution in [2.45, 2.75) is 58.3 Å². The van der Waals surface area contributed by atoms with E-state index in [2.05, 4.69) is 24.8 Å². The number of hydrogen-bond acceptors (Lipinski definition) is 4. The van der Waals surface area contributed by atoms with Crippen LogP contribution < -0.4 is 0 Å². The lowest BCUT2D eigenvalue weighted by molar-refractivity contribution is -0.143. The summed E-state index contributed by atoms with van der Waals surface area (Å²) < 4.78 is 5.60. The Labute approximate surface area is 174 Å². The molecule has 0 amide bonds. The highest BCUT2D eigenvalue weighted by Crippen LogP contribution is 2.51. The van der Waals surface area contributed by atoms with Crippen molar-refractivity contribution < 1.29 is 14.6 Å². The van der Waals surface area contributed by atoms with Gasteiger partial charge in [-0.25, -0.2) is 0 Å². The van der Waals surface area contributed by atoms with Gasteiger partial charge >= 0.3 is 5.97 Å². The number of fused-ring (bicyclic) bond motifs is 1. The molecule has 1 N–H and O–H groups in total. The zero-order chi connectivity index (χ0) is 20.4. The zero-order valence-electron chi connectivity index (χ0n) is 17.9. The van der Waals surface area contributed by atoms with Crippen LogP contribution in [0.5, 0.6) is 5.75 Å². The average Bonchev–Trinajstić information content (AvgIpc) is 3.09. The summed E-state index contributed by atoms with van der Waals surface area (Å²) in [5, 5.41) is 10.6. The van der Waals surface area contributed by atoms with Crippen LogP contribution in [-0.4, -0.2) is 42.2 Å². The van der Waals surface area contributed by atoms with Crippen LogP contribution in [0.15, 0.2) is 29.8 Å². The summed E-state index contributed by atoms with van der Waals surface area (Å²) >= 11 is 0. The quantitative estimate of drug-likeness (QED) is 0.512. The number of piperidine rings is 1. The minimum atomic E-state index is -0.214. The summed E-state index contributed by atoms with van der Waals surface area (Å²) in [6.07, 6.45) is 8.34. The predicted molar refractivity (Wildman–Crippen MR) is 115 cm³/mol. The lowest BCUT2D eigenvalue weighted by atomic mass is 9.94. The molecule has 3 aliphatic rings. The molecule has 4 heteroatoms. The molecule has 0 spiro atoms. The molecule has 1 saturated heterocycles. The Kier molecular flexibility index (Phi) is 6.29. The minimum Gasteiger partial charge on any atom is -0.507 e. The molecule has 1 aromatic carbocycles. The molecule has 2 atom stereocenters. The molecule has 4 nitrogen and oxygen atoms in total. The standard InChI is InChI=1S/C25H35NO3/c1-17(2)7-6-12-26-14-21-22(15-26)23(21)16-29-24(27)13-19-10-5-11-20(25(19)28)18-8-3-4-9-18/h5,7,10-11,18,21-23,28H,3-4,6,8-9,12-16H2,1-2H3. The van der Waals surface area contributed by atoms with E-state index in [1.165, 1.54) is 18.4 Å². The lowest BCUT2D eigenvalue weighted by Crippen LogP contribution is -2.26. The van der Waals surface area contributed by atoms with Crippen LogP contribution in [0.4, 0.5) is 0 Å². The normalized spacial score (nSPS) is 26.3. The molecule has 158 valence electrons. The van der Waals surface area contributed by atoms with Gasteiger partial charge in [-0.05, 0) is 56.4 Å². The summed E-state index contributed by atoms with van der Waals surface area (Å²) in [6.45, 7) is 8.27. The molecule has 3 fully saturated rings. The van der Waals surface area contributed by atoms with Crippen molar-refractivity contribution in [2.75, 3.05) is 26.2 Å². The van der Waals surface area contributed by atoms with Gasteiger partial charge in [0.2, 0.25) is 0 Å². The first-order chi connectivity index (χ1) is 14.0. The fraction of sp³-hybridized carbons (Fsp3) is 0.640. The van der Waals surface area contributed by atoms with Crippen LogP contribution in [0.2, 0.25) is 0 Å². The molecule has 29 heavy (non-hydrogen) atoms. The predicted octanol–water partition coefficient (Wildman–Crippen LogP) is 4.67. The highest BCUT2D eigenvalue weighted by molar-refractivity contribution is 5.74. The number of carbonyl (C=O) groups is 1. The number of para-hydroxylation sites is 1. The van der Waals surface area contributed by atoms with Crippen molar-refractivity contribution >= 4 is 5.97 Å². The summed E-state index contributed by atoms with van der Waals surface area (Å²) in [5.41, 5.74) is 3.11. The van der Waals surface area contributed by atoms with Crippen LogP contribution in [0.25, 0.3) is 0 Å². The second-order valence-electron chi connectivity index (χ2n) is 9.52. The number of nitrogens with zero attached hydrogens (tertiary/aromatic N) is 1. The number of likely N-dealkylation sites (tertiary alicyclic amines) is 1. The molecule has 0 aromatic heterocycles. The topological polar surface area (TPSA) is 49.8 Å². The van der Waals surface area contributed by atoms with Crippen molar-refractivity contribution in [1.29, 1.82) is 0 Å². The molecule has 2 aliphatic carbocycles. The number of esters is 1. The van der Waals surface area contributed by atoms with Crippen LogP contribution in [0, 0.1) is 17.8 Å². The molecule has 1 aliphatic heterocycles. The maximum atomic E-state index is 12.4. The van der Waals surface area contributed by atoms with Crippen LogP contribution in [0.3, 0.4) is 0 Å². The third-order valence-electron chi connectivity index (χ3n) is 7.16. The van der Waals surface area contributed by atoms with Gasteiger partial charge in [0.15, 0.2) is 0 Å². The number of hydrogen-bond donors (Lipinski definition) is 1. The molecular formula is C25H35NO3. The smallest absolute Gasteiger partial charge is 0.310 e. The summed E-state index contributed by atoms with van der Waals surface area (Å²) in [4.78, 5) is 14.9. The first-order valence-corrected chi connectivity index (χ1v) is 11.3. The van der Waals surface area contributed by atoms with E-state index in [-0.39, 0.29) is 12.4 Å². The summed E-state index contributed by atoms with van der Waals surface area (Å²) in [5.74, 6) is 2.48. The number of phenolic OH excluding ortho intramolecular Hbond substituents is 1. The van der Waals surface area contributed by atoms with Gasteiger partial charge < -0.3 is 14.7 Å². The second-order valence-corrected chi connectivity index (χ2v) is 9.52. The Bertz CT molecular complexity index is 749. The third-order valence-corrected chi connectivity index (χ3v) is 7.16. The van der Waals surface area contributed by atoms with E-state index in [0.29, 0.717) is 41.6 Å². The van der Waals surface area contributed by atoms with Gasteiger partial charge in [-0.3, -0.25) is 4.79 Å². The van der Waals surface area contributed by atoms with E-state index in [4.69, 9.17) is 4.74 Å². The van der Waals surface area contributed by atoms with Gasteiger partial charge in [0, 0.05) is 31.1 Å². The van der Waals surface area contributed by atoms with Crippen LogP contribution >= 0.6 is 0 Å². The molecule has 1 aromatic rings. The van der Waals surface area contributed by atoms with Gasteiger partial charge in [-0.2, -0.15) is 0 Å². The Hall–Kier alpha value is -1.81. The second kappa shape index (κ2) is 8.91. The minimum absolute atomic E-state index is 0.170. The lowest BCUT2D eigenvalue weighted by Gasteiger charge is -2.18. The SMILES string of the molecule is CC(C)=CCCN1CC2C(COC(=O)Cc3cccc(C4CCCC4)c3O)C2C1. The Morgan fingerprint density at radius 2 is 1.93 bits per heavy atom. The maximum absolute atomic E-state index is 12.4. The zero-order valence-corrected chi connectivity index (χ0v) is 17.9. The van der Waals surface area contributed by atoms with E-state index < -0.39 is 0 Å². The molecule has 2 saturated carbocycles. The Balaban J connectivity index is 1.20. The monoisotopic (exact) mass is 397 g/mol. The number of carbonyl (C=O) groups excluding carboxylic acids is 1. The van der Waals surface area contributed by atoms with Crippen molar-refractivity contribution in [3.05, 3.63) is 41.0 Å². The molecule has 0 bridgehead atoms. The van der Waals surface area contributed by atoms with E-state index >= 15 is 0 Å². The van der Waals surface area contributed by atoms with Crippen LogP contribution in [0.1, 0.15) is 63.0 Å². The van der Waals surface area contributed by atoms with E-state index in [1.807, 2.05) is 18.2 Å². The largest absolute Gasteiger partial charge is 0.507 e. The Morgan fingerprint density at radius 1 is 1.21 bits per heavy atom. The highest BCUT2D eigenvalue weighted by atomic mass is 16.5. The fourth-order valence-electron chi connectivity index (χ4n) is 5.42. The number of benzene rings is 1. The van der Waals surface area contributed by atoms with Crippen LogP contribution in [-0.2, 0) is 16.0 Å². The maximum Gasteiger partial charge on any atom is 0.310 e. The fourth-order valence-corrected chi connectivity index (χ4v) is 5.42. The van der Waals surface area contributed by atoms with Gasteiger partial charge in [-0.1, -0.05) is 42.7 Å². The van der Waals surface area contributed by atoms with Gasteiger partial charge in [0.05, 0.1) is 13.0 Å². The number of phenols is 1. The van der Waals surface area contributed by atoms with E-state index in [1.54, 1.807) is 0 Å². The number of aromatic hydroxyl groups is 1. The Morgan fingerprint density at radius 3 is 2.62 bits per heavy atom. The number of rotatable bonds is 8. The highest BCUT2D eigenvalue weighted by Gasteiger charge is 2.55. The molecule has 0 radical (unpaired) electrons. The summed E-state index contributed by atoms with van der Waals surface area (Å²) in [6, 6.07) is 5.82. The van der Waals surface area contributed by atoms with Gasteiger partial charge in [0.25, 0.3) is 0 Å². The van der Waals surface area contributed by atoms with Crippen molar-refractivity contribution in [2.24, 2.45) is 17.8 Å². The molecule has 1 heterocycles. The number of ether oxygens (including phenoxy) is 1.